The monoisotopic (exact) mass is 250 g/mol. The van der Waals surface area contributed by atoms with E-state index in [2.05, 4.69) is 12.1 Å². The average molecular weight is 250 g/mol. The zero-order chi connectivity index (χ0) is 13.1. The molecule has 0 amide bonds. The molecule has 1 nitrogen and oxygen atoms in total. The fraction of sp³-hybridized carbons (Fsp3) is 0.278. The minimum Gasteiger partial charge on any atom is -0.298 e. The lowest BCUT2D eigenvalue weighted by Gasteiger charge is -2.41. The number of carbonyl (C=O) groups excluding carboxylic acids is 1. The quantitative estimate of drug-likeness (QED) is 0.803. The lowest BCUT2D eigenvalue weighted by Crippen LogP contribution is -2.43. The first-order chi connectivity index (χ1) is 9.31. The van der Waals surface area contributed by atoms with Gasteiger partial charge >= 0.3 is 0 Å². The zero-order valence-electron chi connectivity index (χ0n) is 11.0. The van der Waals surface area contributed by atoms with Gasteiger partial charge in [-0.15, -0.1) is 0 Å². The van der Waals surface area contributed by atoms with E-state index in [0.29, 0.717) is 12.2 Å². The van der Waals surface area contributed by atoms with Crippen molar-refractivity contribution in [1.82, 2.24) is 0 Å². The molecular formula is C18H18O. The molecule has 0 aromatic heterocycles. The van der Waals surface area contributed by atoms with Gasteiger partial charge in [-0.05, 0) is 24.0 Å². The first-order valence-corrected chi connectivity index (χ1v) is 6.94. The summed E-state index contributed by atoms with van der Waals surface area (Å²) in [6.07, 6.45) is 3.72. The van der Waals surface area contributed by atoms with E-state index < -0.39 is 0 Å². The van der Waals surface area contributed by atoms with E-state index in [1.165, 1.54) is 5.56 Å². The summed E-state index contributed by atoms with van der Waals surface area (Å²) in [4.78, 5) is 12.7. The van der Waals surface area contributed by atoms with Gasteiger partial charge in [-0.25, -0.2) is 0 Å². The van der Waals surface area contributed by atoms with E-state index in [-0.39, 0.29) is 5.41 Å². The molecule has 1 heteroatoms. The van der Waals surface area contributed by atoms with Crippen LogP contribution in [0.15, 0.2) is 60.7 Å². The molecule has 0 spiro atoms. The van der Waals surface area contributed by atoms with Crippen molar-refractivity contribution in [2.45, 2.75) is 31.1 Å². The predicted molar refractivity (Wildman–Crippen MR) is 77.1 cm³/mol. The molecule has 0 heterocycles. The fourth-order valence-corrected chi connectivity index (χ4v) is 2.97. The van der Waals surface area contributed by atoms with Crippen LogP contribution in [-0.2, 0) is 16.6 Å². The van der Waals surface area contributed by atoms with E-state index in [4.69, 9.17) is 0 Å². The normalized spacial score (nSPS) is 16.6. The number of carbonyl (C=O) groups is 1. The Morgan fingerprint density at radius 2 is 1.47 bits per heavy atom. The van der Waals surface area contributed by atoms with Crippen LogP contribution in [0, 0.1) is 0 Å². The summed E-state index contributed by atoms with van der Waals surface area (Å²) in [5.41, 5.74) is 2.11. The second-order valence-corrected chi connectivity index (χ2v) is 5.39. The largest absolute Gasteiger partial charge is 0.298 e. The lowest BCUT2D eigenvalue weighted by molar-refractivity contribution is -0.127. The Morgan fingerprint density at radius 1 is 0.895 bits per heavy atom. The molecule has 1 aliphatic carbocycles. The Hall–Kier alpha value is -1.89. The van der Waals surface area contributed by atoms with Crippen LogP contribution in [0.1, 0.15) is 30.4 Å². The van der Waals surface area contributed by atoms with E-state index in [9.17, 15) is 4.79 Å². The van der Waals surface area contributed by atoms with E-state index in [1.54, 1.807) is 0 Å². The van der Waals surface area contributed by atoms with Crippen molar-refractivity contribution in [1.29, 1.82) is 0 Å². The Labute approximate surface area is 114 Å². The summed E-state index contributed by atoms with van der Waals surface area (Å²) in [7, 11) is 0. The van der Waals surface area contributed by atoms with Crippen molar-refractivity contribution in [3.05, 3.63) is 71.8 Å². The number of benzene rings is 2. The van der Waals surface area contributed by atoms with Gasteiger partial charge in [0.2, 0.25) is 0 Å². The molecule has 3 rings (SSSR count). The highest BCUT2D eigenvalue weighted by molar-refractivity contribution is 5.92. The number of hydrogen-bond donors (Lipinski definition) is 0. The Morgan fingerprint density at radius 3 is 2.00 bits per heavy atom. The summed E-state index contributed by atoms with van der Waals surface area (Å²) in [5.74, 6) is 0.371. The summed E-state index contributed by atoms with van der Waals surface area (Å²) in [6, 6.07) is 20.3. The Kier molecular flexibility index (Phi) is 3.20. The van der Waals surface area contributed by atoms with Crippen LogP contribution in [0.3, 0.4) is 0 Å². The first-order valence-electron chi connectivity index (χ1n) is 6.94. The standard InChI is InChI=1S/C18H18O/c19-17(14-15-8-3-1-4-9-15)18(12-7-13-18)16-10-5-2-6-11-16/h1-6,8-11H,7,12-14H2. The van der Waals surface area contributed by atoms with E-state index in [0.717, 1.165) is 24.8 Å². The third-order valence-corrected chi connectivity index (χ3v) is 4.27. The molecule has 96 valence electrons. The fourth-order valence-electron chi connectivity index (χ4n) is 2.97. The van der Waals surface area contributed by atoms with Gasteiger partial charge in [0, 0.05) is 6.42 Å². The van der Waals surface area contributed by atoms with Gasteiger partial charge < -0.3 is 0 Å². The van der Waals surface area contributed by atoms with Gasteiger partial charge in [-0.3, -0.25) is 4.79 Å². The first kappa shape index (κ1) is 12.2. The number of ketones is 1. The average Bonchev–Trinajstić information content (AvgIpc) is 2.40. The topological polar surface area (TPSA) is 17.1 Å². The third kappa shape index (κ3) is 2.21. The van der Waals surface area contributed by atoms with Crippen molar-refractivity contribution in [3.8, 4) is 0 Å². The highest BCUT2D eigenvalue weighted by Crippen LogP contribution is 2.45. The maximum atomic E-state index is 12.7. The molecule has 0 aliphatic heterocycles. The molecule has 1 saturated carbocycles. The van der Waals surface area contributed by atoms with Crippen LogP contribution >= 0.6 is 0 Å². The highest BCUT2D eigenvalue weighted by atomic mass is 16.1. The Bertz CT molecular complexity index is 553. The van der Waals surface area contributed by atoms with Crippen LogP contribution in [0.4, 0.5) is 0 Å². The smallest absolute Gasteiger partial charge is 0.147 e. The number of rotatable bonds is 4. The van der Waals surface area contributed by atoms with Crippen LogP contribution in [0.2, 0.25) is 0 Å². The molecule has 0 atom stereocenters. The molecule has 2 aromatic rings. The molecule has 19 heavy (non-hydrogen) atoms. The molecule has 2 aromatic carbocycles. The van der Waals surface area contributed by atoms with Gasteiger partial charge in [0.25, 0.3) is 0 Å². The van der Waals surface area contributed by atoms with Gasteiger partial charge in [-0.1, -0.05) is 67.1 Å². The van der Waals surface area contributed by atoms with E-state index >= 15 is 0 Å². The van der Waals surface area contributed by atoms with Crippen LogP contribution in [0.5, 0.6) is 0 Å². The molecule has 0 radical (unpaired) electrons. The van der Waals surface area contributed by atoms with Gasteiger partial charge in [0.15, 0.2) is 0 Å². The Balaban J connectivity index is 1.85. The van der Waals surface area contributed by atoms with Crippen LogP contribution in [-0.4, -0.2) is 5.78 Å². The second-order valence-electron chi connectivity index (χ2n) is 5.39. The van der Waals surface area contributed by atoms with Crippen molar-refractivity contribution < 1.29 is 4.79 Å². The molecule has 0 unspecified atom stereocenters. The zero-order valence-corrected chi connectivity index (χ0v) is 11.0. The summed E-state index contributed by atoms with van der Waals surface area (Å²) >= 11 is 0. The minimum atomic E-state index is -0.211. The molecule has 0 bridgehead atoms. The van der Waals surface area contributed by atoms with Crippen molar-refractivity contribution in [2.24, 2.45) is 0 Å². The SMILES string of the molecule is O=C(Cc1ccccc1)C1(c2ccccc2)CCC1. The molecule has 1 fully saturated rings. The number of hydrogen-bond acceptors (Lipinski definition) is 1. The predicted octanol–water partition coefficient (Wildman–Crippen LogP) is 3.92. The molecule has 1 aliphatic rings. The summed E-state index contributed by atoms with van der Waals surface area (Å²) < 4.78 is 0. The van der Waals surface area contributed by atoms with Crippen molar-refractivity contribution >= 4 is 5.78 Å². The molecular weight excluding hydrogens is 232 g/mol. The van der Waals surface area contributed by atoms with Gasteiger partial charge in [-0.2, -0.15) is 0 Å². The van der Waals surface area contributed by atoms with Crippen LogP contribution < -0.4 is 0 Å². The maximum Gasteiger partial charge on any atom is 0.147 e. The number of Topliss-reactive ketones (excluding diaryl/α,β-unsaturated/α-hetero) is 1. The summed E-state index contributed by atoms with van der Waals surface area (Å²) in [6.45, 7) is 0. The lowest BCUT2D eigenvalue weighted by atomic mass is 9.61. The summed E-state index contributed by atoms with van der Waals surface area (Å²) in [5, 5.41) is 0. The third-order valence-electron chi connectivity index (χ3n) is 4.27. The van der Waals surface area contributed by atoms with E-state index in [1.807, 2.05) is 48.5 Å². The van der Waals surface area contributed by atoms with Gasteiger partial charge in [0.05, 0.1) is 5.41 Å². The van der Waals surface area contributed by atoms with Crippen molar-refractivity contribution in [3.63, 3.8) is 0 Å². The highest BCUT2D eigenvalue weighted by Gasteiger charge is 2.44. The molecule has 0 saturated heterocycles. The second kappa shape index (κ2) is 5.00. The minimum absolute atomic E-state index is 0.211. The maximum absolute atomic E-state index is 12.7. The van der Waals surface area contributed by atoms with Crippen LogP contribution in [0.25, 0.3) is 0 Å². The van der Waals surface area contributed by atoms with Gasteiger partial charge in [0.1, 0.15) is 5.78 Å². The van der Waals surface area contributed by atoms with Crippen molar-refractivity contribution in [2.75, 3.05) is 0 Å². The molecule has 0 N–H and O–H groups in total.